The Morgan fingerprint density at radius 2 is 0.765 bits per heavy atom. The van der Waals surface area contributed by atoms with Gasteiger partial charge in [0.15, 0.2) is 18.9 Å². The van der Waals surface area contributed by atoms with E-state index in [0.717, 1.165) is 38.5 Å². The average molecular weight is 515 g/mol. The normalized spacial score (nSPS) is 15.4. The molecule has 3 unspecified atom stereocenters. The lowest BCUT2D eigenvalue weighted by atomic mass is 10.4. The van der Waals surface area contributed by atoms with E-state index in [2.05, 4.69) is 20.8 Å². The number of unbranched alkanes of at least 4 members (excludes halogenated alkanes) is 3. The lowest BCUT2D eigenvalue weighted by Crippen LogP contribution is -2.29. The minimum atomic E-state index is -1.90. The van der Waals surface area contributed by atoms with E-state index in [1.54, 1.807) is 0 Å². The van der Waals surface area contributed by atoms with Gasteiger partial charge in [0.2, 0.25) is 0 Å². The first-order chi connectivity index (χ1) is 16.6. The monoisotopic (exact) mass is 514 g/mol. The van der Waals surface area contributed by atoms with E-state index < -0.39 is 27.5 Å². The van der Waals surface area contributed by atoms with Crippen LogP contribution in [0.25, 0.3) is 0 Å². The molecule has 0 aliphatic rings. The van der Waals surface area contributed by atoms with Crippen molar-refractivity contribution in [3.8, 4) is 0 Å². The van der Waals surface area contributed by atoms with E-state index in [-0.39, 0.29) is 19.8 Å². The van der Waals surface area contributed by atoms with E-state index in [4.69, 9.17) is 42.0 Å². The highest BCUT2D eigenvalue weighted by Crippen LogP contribution is 2.44. The molecule has 0 bridgehead atoms. The van der Waals surface area contributed by atoms with Crippen LogP contribution in [0, 0.1) is 0 Å². The summed E-state index contributed by atoms with van der Waals surface area (Å²) >= 11 is 0. The predicted molar refractivity (Wildman–Crippen MR) is 134 cm³/mol. The Morgan fingerprint density at radius 1 is 0.471 bits per heavy atom. The molecule has 34 heavy (non-hydrogen) atoms. The molecule has 0 amide bonds. The lowest BCUT2D eigenvalue weighted by Gasteiger charge is -2.29. The third kappa shape index (κ3) is 20.3. The summed E-state index contributed by atoms with van der Waals surface area (Å²) in [5.74, 6) is 0. The van der Waals surface area contributed by atoms with Gasteiger partial charge in [0.1, 0.15) is 0 Å². The molecule has 206 valence electrons. The predicted octanol–water partition coefficient (Wildman–Crippen LogP) is 5.80. The highest BCUT2D eigenvalue weighted by atomic mass is 31.2. The minimum absolute atomic E-state index is 0.276. The van der Waals surface area contributed by atoms with Crippen molar-refractivity contribution in [1.29, 1.82) is 0 Å². The second-order valence-corrected chi connectivity index (χ2v) is 8.56. The molecule has 0 aliphatic carbocycles. The zero-order valence-electron chi connectivity index (χ0n) is 22.5. The SMILES string of the molecule is CCCCOCC(OCC)OP(OC(COCCCC)OCC)OC(COCCCC)OCC. The first-order valence-corrected chi connectivity index (χ1v) is 14.1. The van der Waals surface area contributed by atoms with Crippen LogP contribution < -0.4 is 0 Å². The minimum Gasteiger partial charge on any atom is -0.376 e. The smallest absolute Gasteiger partial charge is 0.340 e. The van der Waals surface area contributed by atoms with Crippen LogP contribution in [-0.4, -0.2) is 78.3 Å². The highest BCUT2D eigenvalue weighted by Gasteiger charge is 2.29. The van der Waals surface area contributed by atoms with E-state index in [1.165, 1.54) is 0 Å². The molecule has 0 saturated heterocycles. The van der Waals surface area contributed by atoms with Crippen molar-refractivity contribution in [2.24, 2.45) is 0 Å². The summed E-state index contributed by atoms with van der Waals surface area (Å²) in [4.78, 5) is 0. The molecule has 0 heterocycles. The fourth-order valence-electron chi connectivity index (χ4n) is 2.52. The fourth-order valence-corrected chi connectivity index (χ4v) is 3.62. The molecule has 0 aromatic rings. The van der Waals surface area contributed by atoms with Gasteiger partial charge >= 0.3 is 8.60 Å². The zero-order chi connectivity index (χ0) is 25.3. The lowest BCUT2D eigenvalue weighted by molar-refractivity contribution is -0.175. The molecule has 0 N–H and O–H groups in total. The van der Waals surface area contributed by atoms with Crippen molar-refractivity contribution in [1.82, 2.24) is 0 Å². The van der Waals surface area contributed by atoms with Crippen molar-refractivity contribution in [3.63, 3.8) is 0 Å². The second kappa shape index (κ2) is 26.1. The van der Waals surface area contributed by atoms with Crippen molar-refractivity contribution < 1.29 is 42.0 Å². The highest BCUT2D eigenvalue weighted by molar-refractivity contribution is 7.41. The summed E-state index contributed by atoms with van der Waals surface area (Å²) in [5, 5.41) is 0. The number of rotatable bonds is 27. The Bertz CT molecular complexity index is 350. The van der Waals surface area contributed by atoms with Crippen molar-refractivity contribution >= 4 is 8.60 Å². The number of hydrogen-bond donors (Lipinski definition) is 0. The van der Waals surface area contributed by atoms with Crippen molar-refractivity contribution in [3.05, 3.63) is 0 Å². The van der Waals surface area contributed by atoms with Crippen molar-refractivity contribution in [2.45, 2.75) is 98.9 Å². The van der Waals surface area contributed by atoms with Gasteiger partial charge in [-0.25, -0.2) is 0 Å². The Kier molecular flexibility index (Phi) is 26.2. The van der Waals surface area contributed by atoms with Crippen LogP contribution in [0.3, 0.4) is 0 Å². The van der Waals surface area contributed by atoms with Gasteiger partial charge in [-0.2, -0.15) is 0 Å². The van der Waals surface area contributed by atoms with E-state index >= 15 is 0 Å². The van der Waals surface area contributed by atoms with E-state index in [0.29, 0.717) is 39.6 Å². The Morgan fingerprint density at radius 3 is 1.00 bits per heavy atom. The van der Waals surface area contributed by atoms with Gasteiger partial charge in [-0.05, 0) is 40.0 Å². The van der Waals surface area contributed by atoms with Crippen LogP contribution >= 0.6 is 8.60 Å². The molecule has 0 spiro atoms. The van der Waals surface area contributed by atoms with Gasteiger partial charge in [-0.1, -0.05) is 40.0 Å². The van der Waals surface area contributed by atoms with Gasteiger partial charge in [-0.3, -0.25) is 13.6 Å². The van der Waals surface area contributed by atoms with Gasteiger partial charge < -0.3 is 28.4 Å². The molecule has 0 radical (unpaired) electrons. The summed E-state index contributed by atoms with van der Waals surface area (Å²) in [5.41, 5.74) is 0. The van der Waals surface area contributed by atoms with Gasteiger partial charge in [-0.15, -0.1) is 0 Å². The summed E-state index contributed by atoms with van der Waals surface area (Å²) < 4.78 is 52.6. The van der Waals surface area contributed by atoms with Gasteiger partial charge in [0.05, 0.1) is 19.8 Å². The van der Waals surface area contributed by atoms with Gasteiger partial charge in [0, 0.05) is 39.6 Å². The van der Waals surface area contributed by atoms with Crippen LogP contribution in [0.2, 0.25) is 0 Å². The first-order valence-electron chi connectivity index (χ1n) is 13.0. The Labute approximate surface area is 209 Å². The molecule has 0 rings (SSSR count). The molecule has 0 aromatic carbocycles. The van der Waals surface area contributed by atoms with Crippen LogP contribution in [0.1, 0.15) is 80.1 Å². The standard InChI is InChI=1S/C24H51O9P/c1-7-13-16-25-19-22(28-10-4)31-34(32-23(29-11-5)20-26-17-14-8-2)33-24(30-12-6)21-27-18-15-9-3/h22-24H,7-21H2,1-6H3. The van der Waals surface area contributed by atoms with Crippen LogP contribution in [0.4, 0.5) is 0 Å². The molecule has 0 fully saturated rings. The first kappa shape index (κ1) is 34.1. The topological polar surface area (TPSA) is 83.1 Å². The molecular weight excluding hydrogens is 463 g/mol. The van der Waals surface area contributed by atoms with Crippen LogP contribution in [0.15, 0.2) is 0 Å². The summed E-state index contributed by atoms with van der Waals surface area (Å²) in [6.45, 7) is 16.2. The maximum atomic E-state index is 6.08. The zero-order valence-corrected chi connectivity index (χ0v) is 23.4. The Hall–Kier alpha value is 0.0700. The molecular formula is C24H51O9P. The largest absolute Gasteiger partial charge is 0.376 e. The average Bonchev–Trinajstić information content (AvgIpc) is 2.82. The molecule has 3 atom stereocenters. The number of ether oxygens (including phenoxy) is 6. The van der Waals surface area contributed by atoms with Crippen LogP contribution in [0.5, 0.6) is 0 Å². The maximum Gasteiger partial charge on any atom is 0.340 e. The quantitative estimate of drug-likeness (QED) is 0.0767. The third-order valence-corrected chi connectivity index (χ3v) is 5.58. The molecule has 9 nitrogen and oxygen atoms in total. The summed E-state index contributed by atoms with van der Waals surface area (Å²) in [6, 6.07) is 0. The fraction of sp³-hybridized carbons (Fsp3) is 1.00. The maximum absolute atomic E-state index is 6.08. The van der Waals surface area contributed by atoms with Crippen molar-refractivity contribution in [2.75, 3.05) is 59.5 Å². The summed E-state index contributed by atoms with van der Waals surface area (Å²) in [7, 11) is -1.90. The second-order valence-electron chi connectivity index (χ2n) is 7.48. The third-order valence-electron chi connectivity index (χ3n) is 4.36. The van der Waals surface area contributed by atoms with E-state index in [1.807, 2.05) is 20.8 Å². The summed E-state index contributed by atoms with van der Waals surface area (Å²) in [6.07, 6.45) is 4.18. The van der Waals surface area contributed by atoms with Crippen LogP contribution in [-0.2, 0) is 42.0 Å². The molecule has 10 heteroatoms. The van der Waals surface area contributed by atoms with E-state index in [9.17, 15) is 0 Å². The molecule has 0 aliphatic heterocycles. The molecule has 0 saturated carbocycles. The Balaban J connectivity index is 5.20. The molecule has 0 aromatic heterocycles. The number of hydrogen-bond acceptors (Lipinski definition) is 9. The van der Waals surface area contributed by atoms with Gasteiger partial charge in [0.25, 0.3) is 0 Å².